The first-order valence-electron chi connectivity index (χ1n) is 9.47. The van der Waals surface area contributed by atoms with E-state index in [-0.39, 0.29) is 5.56 Å². The van der Waals surface area contributed by atoms with Gasteiger partial charge in [0.05, 0.1) is 26.2 Å². The number of carbonyl (C=O) groups excluding carboxylic acids is 1. The van der Waals surface area contributed by atoms with Gasteiger partial charge in [0, 0.05) is 12.6 Å². The quantitative estimate of drug-likeness (QED) is 0.599. The number of H-pyrrole nitrogens is 1. The van der Waals surface area contributed by atoms with Crippen LogP contribution in [0, 0.1) is 6.92 Å². The van der Waals surface area contributed by atoms with E-state index in [0.29, 0.717) is 39.1 Å². The van der Waals surface area contributed by atoms with Crippen LogP contribution in [0.3, 0.4) is 0 Å². The summed E-state index contributed by atoms with van der Waals surface area (Å²) in [5, 5.41) is 0.465. The van der Waals surface area contributed by atoms with Crippen molar-refractivity contribution in [3.8, 4) is 5.75 Å². The summed E-state index contributed by atoms with van der Waals surface area (Å²) in [6.07, 6.45) is 2.29. The van der Waals surface area contributed by atoms with Gasteiger partial charge in [0.25, 0.3) is 5.56 Å². The Balaban J connectivity index is 1.60. The molecule has 0 spiro atoms. The number of aryl methyl sites for hydroxylation is 1. The monoisotopic (exact) mass is 413 g/mol. The molecule has 1 aromatic carbocycles. The second-order valence-corrected chi connectivity index (χ2v) is 8.22. The Kier molecular flexibility index (Phi) is 5.38. The van der Waals surface area contributed by atoms with E-state index in [9.17, 15) is 9.59 Å². The summed E-state index contributed by atoms with van der Waals surface area (Å²) in [5.74, 6) is 1.00. The van der Waals surface area contributed by atoms with E-state index in [1.54, 1.807) is 14.0 Å². The lowest BCUT2D eigenvalue weighted by molar-refractivity contribution is 0.0605. The molecule has 3 aromatic rings. The lowest BCUT2D eigenvalue weighted by Gasteiger charge is -2.21. The Hall–Kier alpha value is -2.71. The summed E-state index contributed by atoms with van der Waals surface area (Å²) in [6, 6.07) is 8.51. The smallest absolute Gasteiger partial charge is 0.348 e. The highest BCUT2D eigenvalue weighted by Gasteiger charge is 2.30. The van der Waals surface area contributed by atoms with Gasteiger partial charge >= 0.3 is 5.97 Å². The van der Waals surface area contributed by atoms with E-state index in [2.05, 4.69) is 27.0 Å². The molecule has 29 heavy (non-hydrogen) atoms. The minimum Gasteiger partial charge on any atom is -0.497 e. The number of benzene rings is 1. The summed E-state index contributed by atoms with van der Waals surface area (Å²) >= 11 is 1.21. The van der Waals surface area contributed by atoms with Gasteiger partial charge in [0.1, 0.15) is 21.3 Å². The minimum absolute atomic E-state index is 0.214. The van der Waals surface area contributed by atoms with Gasteiger partial charge in [-0.1, -0.05) is 12.1 Å². The molecule has 0 radical (unpaired) electrons. The molecule has 1 N–H and O–H groups in total. The van der Waals surface area contributed by atoms with Crippen LogP contribution in [0.5, 0.6) is 5.75 Å². The largest absolute Gasteiger partial charge is 0.497 e. The maximum Gasteiger partial charge on any atom is 0.348 e. The van der Waals surface area contributed by atoms with Crippen molar-refractivity contribution in [2.24, 2.45) is 0 Å². The number of hydrogen-bond donors (Lipinski definition) is 1. The minimum atomic E-state index is -0.439. The molecule has 0 aliphatic heterocycles. The van der Waals surface area contributed by atoms with Gasteiger partial charge in [-0.3, -0.25) is 9.69 Å². The van der Waals surface area contributed by atoms with Crippen LogP contribution in [0.2, 0.25) is 0 Å². The van der Waals surface area contributed by atoms with Crippen molar-refractivity contribution in [3.63, 3.8) is 0 Å². The normalized spacial score (nSPS) is 13.8. The zero-order chi connectivity index (χ0) is 20.5. The SMILES string of the molecule is COC(=O)c1sc2nc(CN(Cc3ccc(OC)cc3)C3CC3)[nH]c(=O)c2c1C. The van der Waals surface area contributed by atoms with E-state index in [4.69, 9.17) is 9.47 Å². The third-order valence-electron chi connectivity index (χ3n) is 5.18. The fraction of sp³-hybridized carbons (Fsp3) is 0.381. The standard InChI is InChI=1S/C21H23N3O4S/c1-12-17-19(25)22-16(23-20(17)29-18(12)21(26)28-3)11-24(14-6-7-14)10-13-4-8-15(27-2)9-5-13/h4-5,8-9,14H,6-7,10-11H2,1-3H3,(H,22,23,25). The number of nitrogens with zero attached hydrogens (tertiary/aromatic N) is 2. The average Bonchev–Trinajstić information content (AvgIpc) is 3.51. The van der Waals surface area contributed by atoms with Crippen LogP contribution in [0.1, 0.15) is 39.5 Å². The molecule has 0 amide bonds. The van der Waals surface area contributed by atoms with Crippen LogP contribution in [0.25, 0.3) is 10.2 Å². The molecule has 1 fully saturated rings. The second kappa shape index (κ2) is 7.96. The number of aromatic amines is 1. The van der Waals surface area contributed by atoms with Crippen LogP contribution in [0.4, 0.5) is 0 Å². The van der Waals surface area contributed by atoms with Gasteiger partial charge in [0.15, 0.2) is 0 Å². The molecule has 2 aromatic heterocycles. The molecule has 0 atom stereocenters. The summed E-state index contributed by atoms with van der Waals surface area (Å²) < 4.78 is 10.0. The number of ether oxygens (including phenoxy) is 2. The molecule has 1 aliphatic rings. The average molecular weight is 413 g/mol. The number of methoxy groups -OCH3 is 2. The zero-order valence-electron chi connectivity index (χ0n) is 16.7. The lowest BCUT2D eigenvalue weighted by atomic mass is 10.2. The lowest BCUT2D eigenvalue weighted by Crippen LogP contribution is -2.27. The molecule has 152 valence electrons. The Morgan fingerprint density at radius 1 is 1.24 bits per heavy atom. The number of hydrogen-bond acceptors (Lipinski definition) is 7. The topological polar surface area (TPSA) is 84.5 Å². The Bertz CT molecular complexity index is 1100. The first-order valence-corrected chi connectivity index (χ1v) is 10.3. The maximum atomic E-state index is 12.7. The van der Waals surface area contributed by atoms with Crippen molar-refractivity contribution in [2.45, 2.75) is 38.9 Å². The van der Waals surface area contributed by atoms with Crippen LogP contribution >= 0.6 is 11.3 Å². The fourth-order valence-electron chi connectivity index (χ4n) is 3.46. The number of aromatic nitrogens is 2. The van der Waals surface area contributed by atoms with Crippen molar-refractivity contribution < 1.29 is 14.3 Å². The van der Waals surface area contributed by atoms with Crippen LogP contribution in [0.15, 0.2) is 29.1 Å². The highest BCUT2D eigenvalue weighted by atomic mass is 32.1. The highest BCUT2D eigenvalue weighted by Crippen LogP contribution is 2.31. The van der Waals surface area contributed by atoms with Crippen molar-refractivity contribution in [1.82, 2.24) is 14.9 Å². The molecule has 2 heterocycles. The molecule has 0 saturated heterocycles. The summed E-state index contributed by atoms with van der Waals surface area (Å²) in [6.45, 7) is 3.07. The number of rotatable bonds is 7. The third kappa shape index (κ3) is 4.04. The second-order valence-electron chi connectivity index (χ2n) is 7.22. The molecule has 4 rings (SSSR count). The van der Waals surface area contributed by atoms with Crippen molar-refractivity contribution in [3.05, 3.63) is 56.4 Å². The van der Waals surface area contributed by atoms with E-state index in [1.807, 2.05) is 12.1 Å². The van der Waals surface area contributed by atoms with Gasteiger partial charge in [-0.25, -0.2) is 9.78 Å². The number of thiophene rings is 1. The van der Waals surface area contributed by atoms with Crippen molar-refractivity contribution >= 4 is 27.5 Å². The van der Waals surface area contributed by atoms with E-state index in [0.717, 1.165) is 25.1 Å². The van der Waals surface area contributed by atoms with Crippen LogP contribution in [-0.4, -0.2) is 41.1 Å². The molecular weight excluding hydrogens is 390 g/mol. The van der Waals surface area contributed by atoms with E-state index in [1.165, 1.54) is 24.0 Å². The molecule has 1 saturated carbocycles. The van der Waals surface area contributed by atoms with Crippen LogP contribution < -0.4 is 10.3 Å². The van der Waals surface area contributed by atoms with Gasteiger partial charge in [-0.15, -0.1) is 11.3 Å². The predicted octanol–water partition coefficient (Wildman–Crippen LogP) is 3.25. The molecule has 1 aliphatic carbocycles. The molecule has 7 nitrogen and oxygen atoms in total. The summed E-state index contributed by atoms with van der Waals surface area (Å²) in [5.41, 5.74) is 1.59. The number of esters is 1. The molecule has 0 unspecified atom stereocenters. The fourth-order valence-corrected chi connectivity index (χ4v) is 4.58. The van der Waals surface area contributed by atoms with Gasteiger partial charge < -0.3 is 14.5 Å². The van der Waals surface area contributed by atoms with Crippen LogP contribution in [-0.2, 0) is 17.8 Å². The summed E-state index contributed by atoms with van der Waals surface area (Å²) in [4.78, 5) is 35.5. The Labute approximate surface area is 172 Å². The van der Waals surface area contributed by atoms with Crippen molar-refractivity contribution in [2.75, 3.05) is 14.2 Å². The third-order valence-corrected chi connectivity index (χ3v) is 6.35. The Morgan fingerprint density at radius 2 is 1.97 bits per heavy atom. The zero-order valence-corrected chi connectivity index (χ0v) is 17.5. The Morgan fingerprint density at radius 3 is 2.59 bits per heavy atom. The molecule has 0 bridgehead atoms. The van der Waals surface area contributed by atoms with Gasteiger partial charge in [-0.2, -0.15) is 0 Å². The van der Waals surface area contributed by atoms with Crippen molar-refractivity contribution in [1.29, 1.82) is 0 Å². The highest BCUT2D eigenvalue weighted by molar-refractivity contribution is 7.20. The number of carbonyl (C=O) groups is 1. The maximum absolute atomic E-state index is 12.7. The van der Waals surface area contributed by atoms with E-state index < -0.39 is 5.97 Å². The predicted molar refractivity (Wildman–Crippen MR) is 112 cm³/mol. The van der Waals surface area contributed by atoms with Gasteiger partial charge in [0.2, 0.25) is 0 Å². The number of nitrogens with one attached hydrogen (secondary N) is 1. The first kappa shape index (κ1) is 19.6. The molecular formula is C21H23N3O4S. The number of fused-ring (bicyclic) bond motifs is 1. The molecule has 8 heteroatoms. The summed E-state index contributed by atoms with van der Waals surface area (Å²) in [7, 11) is 2.99. The van der Waals surface area contributed by atoms with Gasteiger partial charge in [-0.05, 0) is 43.0 Å². The van der Waals surface area contributed by atoms with E-state index >= 15 is 0 Å². The first-order chi connectivity index (χ1) is 14.0.